The molecule has 1 heterocycles. The number of thioether (sulfide) groups is 1. The monoisotopic (exact) mass is 320 g/mol. The van der Waals surface area contributed by atoms with Gasteiger partial charge < -0.3 is 5.11 Å². The fraction of sp³-hybridized carbons (Fsp3) is 0.100. The molecule has 100 valence electrons. The number of nitrogens with zero attached hydrogens (tertiary/aromatic N) is 2. The van der Waals surface area contributed by atoms with Gasteiger partial charge in [0.25, 0.3) is 0 Å². The Morgan fingerprint density at radius 2 is 1.84 bits per heavy atom. The van der Waals surface area contributed by atoms with E-state index in [0.29, 0.717) is 8.68 Å². The van der Waals surface area contributed by atoms with E-state index in [9.17, 15) is 13.6 Å². The Morgan fingerprint density at radius 3 is 2.32 bits per heavy atom. The Labute approximate surface area is 119 Å². The summed E-state index contributed by atoms with van der Waals surface area (Å²) in [5.74, 6) is -3.23. The number of carbonyl (C=O) groups is 1. The highest BCUT2D eigenvalue weighted by Crippen LogP contribution is 2.36. The highest BCUT2D eigenvalue weighted by molar-refractivity contribution is 8.03. The number of hydrogen-bond donors (Lipinski definition) is 1. The Kier molecular flexibility index (Phi) is 4.38. The first-order chi connectivity index (χ1) is 9.01. The maximum Gasteiger partial charge on any atom is 0.335 e. The number of carboxylic acids is 1. The van der Waals surface area contributed by atoms with Crippen molar-refractivity contribution in [1.82, 2.24) is 10.2 Å². The first-order valence-corrected chi connectivity index (χ1v) is 7.64. The molecule has 0 aliphatic heterocycles. The summed E-state index contributed by atoms with van der Waals surface area (Å²) in [7, 11) is 0. The van der Waals surface area contributed by atoms with Gasteiger partial charge in [0.1, 0.15) is 11.6 Å². The van der Waals surface area contributed by atoms with E-state index in [-0.39, 0.29) is 4.90 Å². The van der Waals surface area contributed by atoms with Crippen LogP contribution in [0, 0.1) is 11.6 Å². The minimum atomic E-state index is -1.38. The maximum absolute atomic E-state index is 13.7. The molecule has 0 aliphatic carbocycles. The van der Waals surface area contributed by atoms with Crippen LogP contribution >= 0.6 is 34.9 Å². The molecule has 0 saturated heterocycles. The second-order valence-electron chi connectivity index (χ2n) is 3.21. The summed E-state index contributed by atoms with van der Waals surface area (Å²) < 4.78 is 28.4. The van der Waals surface area contributed by atoms with Gasteiger partial charge in [0, 0.05) is 0 Å². The number of benzene rings is 1. The average molecular weight is 320 g/mol. The van der Waals surface area contributed by atoms with E-state index in [1.54, 1.807) is 0 Å². The van der Waals surface area contributed by atoms with Crippen molar-refractivity contribution in [2.45, 2.75) is 13.6 Å². The Bertz CT molecular complexity index is 610. The molecule has 0 radical (unpaired) electrons. The van der Waals surface area contributed by atoms with Crippen molar-refractivity contribution in [3.05, 3.63) is 29.3 Å². The number of rotatable bonds is 4. The molecule has 1 N–H and O–H groups in total. The lowest BCUT2D eigenvalue weighted by Gasteiger charge is -2.03. The van der Waals surface area contributed by atoms with Gasteiger partial charge in [-0.15, -0.1) is 10.2 Å². The molecular formula is C10H6F2N2O2S3. The van der Waals surface area contributed by atoms with Gasteiger partial charge >= 0.3 is 5.97 Å². The molecule has 2 rings (SSSR count). The number of halogens is 2. The van der Waals surface area contributed by atoms with E-state index >= 15 is 0 Å². The summed E-state index contributed by atoms with van der Waals surface area (Å²) in [5, 5.41) is 16.3. The van der Waals surface area contributed by atoms with Crippen molar-refractivity contribution in [3.8, 4) is 0 Å². The topological polar surface area (TPSA) is 63.1 Å². The van der Waals surface area contributed by atoms with Crippen LogP contribution in [-0.2, 0) is 0 Å². The molecule has 19 heavy (non-hydrogen) atoms. The van der Waals surface area contributed by atoms with Crippen LogP contribution in [0.5, 0.6) is 0 Å². The molecule has 9 heteroatoms. The molecule has 1 aromatic carbocycles. The lowest BCUT2D eigenvalue weighted by molar-refractivity contribution is 0.0695. The molecule has 4 nitrogen and oxygen atoms in total. The predicted molar refractivity (Wildman–Crippen MR) is 69.1 cm³/mol. The third-order valence-electron chi connectivity index (χ3n) is 2.00. The van der Waals surface area contributed by atoms with Gasteiger partial charge in [0.05, 0.1) is 10.5 Å². The van der Waals surface area contributed by atoms with Crippen LogP contribution in [0.1, 0.15) is 10.4 Å². The number of aromatic carboxylic acids is 1. The van der Waals surface area contributed by atoms with Gasteiger partial charge in [-0.1, -0.05) is 34.9 Å². The van der Waals surface area contributed by atoms with Crippen LogP contribution in [0.4, 0.5) is 8.78 Å². The summed E-state index contributed by atoms with van der Waals surface area (Å²) in [5.41, 5.74) is -0.429. The van der Waals surface area contributed by atoms with E-state index < -0.39 is 23.2 Å². The Morgan fingerprint density at radius 1 is 1.26 bits per heavy atom. The lowest BCUT2D eigenvalue weighted by Crippen LogP contribution is -2.00. The van der Waals surface area contributed by atoms with E-state index in [1.165, 1.54) is 23.1 Å². The fourth-order valence-corrected chi connectivity index (χ4v) is 3.58. The molecule has 0 fully saturated rings. The second kappa shape index (κ2) is 5.85. The van der Waals surface area contributed by atoms with E-state index in [4.69, 9.17) is 5.11 Å². The molecule has 0 unspecified atom stereocenters. The number of hydrogen-bond acceptors (Lipinski definition) is 6. The maximum atomic E-state index is 13.7. The van der Waals surface area contributed by atoms with Crippen molar-refractivity contribution in [1.29, 1.82) is 0 Å². The lowest BCUT2D eigenvalue weighted by atomic mass is 10.2. The first kappa shape index (κ1) is 14.2. The highest BCUT2D eigenvalue weighted by Gasteiger charge is 2.17. The SMILES string of the molecule is CSc1nnc(Sc2c(F)cc(C(=O)O)cc2F)s1. The zero-order chi connectivity index (χ0) is 14.0. The van der Waals surface area contributed by atoms with Crippen LogP contribution in [-0.4, -0.2) is 27.5 Å². The Balaban J connectivity index is 2.32. The minimum absolute atomic E-state index is 0.284. The molecule has 0 bridgehead atoms. The smallest absolute Gasteiger partial charge is 0.335 e. The van der Waals surface area contributed by atoms with Gasteiger partial charge in [0.2, 0.25) is 0 Å². The van der Waals surface area contributed by atoms with Crippen LogP contribution in [0.25, 0.3) is 0 Å². The fourth-order valence-electron chi connectivity index (χ4n) is 1.19. The largest absolute Gasteiger partial charge is 0.478 e. The van der Waals surface area contributed by atoms with E-state index in [0.717, 1.165) is 23.9 Å². The summed E-state index contributed by atoms with van der Waals surface area (Å²) in [6.07, 6.45) is 1.82. The zero-order valence-corrected chi connectivity index (χ0v) is 11.8. The molecular weight excluding hydrogens is 314 g/mol. The predicted octanol–water partition coefficient (Wildman–Crippen LogP) is 3.39. The van der Waals surface area contributed by atoms with Crippen molar-refractivity contribution in [3.63, 3.8) is 0 Å². The van der Waals surface area contributed by atoms with Crippen LogP contribution < -0.4 is 0 Å². The summed E-state index contributed by atoms with van der Waals surface area (Å²) >= 11 is 3.38. The van der Waals surface area contributed by atoms with Gasteiger partial charge in [-0.25, -0.2) is 13.6 Å². The minimum Gasteiger partial charge on any atom is -0.478 e. The zero-order valence-electron chi connectivity index (χ0n) is 9.39. The third kappa shape index (κ3) is 3.23. The van der Waals surface area contributed by atoms with Gasteiger partial charge in [-0.2, -0.15) is 0 Å². The van der Waals surface area contributed by atoms with Gasteiger partial charge in [0.15, 0.2) is 8.68 Å². The molecule has 0 saturated carbocycles. The van der Waals surface area contributed by atoms with E-state index in [1.807, 2.05) is 6.26 Å². The molecule has 2 aromatic rings. The number of aromatic nitrogens is 2. The van der Waals surface area contributed by atoms with Crippen molar-refractivity contribution >= 4 is 40.8 Å². The van der Waals surface area contributed by atoms with Crippen LogP contribution in [0.2, 0.25) is 0 Å². The van der Waals surface area contributed by atoms with Crippen molar-refractivity contribution in [2.24, 2.45) is 0 Å². The van der Waals surface area contributed by atoms with Crippen molar-refractivity contribution in [2.75, 3.05) is 6.26 Å². The summed E-state index contributed by atoms with van der Waals surface area (Å²) in [6.45, 7) is 0. The van der Waals surface area contributed by atoms with Crippen LogP contribution in [0.3, 0.4) is 0 Å². The molecule has 1 aromatic heterocycles. The first-order valence-electron chi connectivity index (χ1n) is 4.79. The average Bonchev–Trinajstić information content (AvgIpc) is 2.81. The molecule has 0 atom stereocenters. The van der Waals surface area contributed by atoms with Crippen LogP contribution in [0.15, 0.2) is 25.7 Å². The summed E-state index contributed by atoms with van der Waals surface area (Å²) in [4.78, 5) is 10.4. The van der Waals surface area contributed by atoms with E-state index in [2.05, 4.69) is 10.2 Å². The van der Waals surface area contributed by atoms with Gasteiger partial charge in [-0.3, -0.25) is 0 Å². The van der Waals surface area contributed by atoms with Gasteiger partial charge in [-0.05, 0) is 18.4 Å². The summed E-state index contributed by atoms with van der Waals surface area (Å²) in [6, 6.07) is 1.56. The quantitative estimate of drug-likeness (QED) is 0.871. The second-order valence-corrected chi connectivity index (χ2v) is 6.50. The normalized spacial score (nSPS) is 10.7. The molecule has 0 aliphatic rings. The number of carboxylic acid groups (broad SMARTS) is 1. The molecule has 0 amide bonds. The molecule has 0 spiro atoms. The standard InChI is InChI=1S/C10H6F2N2O2S3/c1-17-9-13-14-10(19-9)18-7-5(11)2-4(8(15)16)3-6(7)12/h2-3H,1H3,(H,15,16). The highest BCUT2D eigenvalue weighted by atomic mass is 32.2. The van der Waals surface area contributed by atoms with Crippen molar-refractivity contribution < 1.29 is 18.7 Å². The third-order valence-corrected chi connectivity index (χ3v) is 5.04. The Hall–Kier alpha value is -1.19.